The molecule has 7 heterocycles. The molecule has 0 bridgehead atoms. The molecular weight excluding hydrogens is 948 g/mol. The first-order chi connectivity index (χ1) is 38.0. The first-order valence-corrected chi connectivity index (χ1v) is 27.6. The molecule has 0 unspecified atom stereocenters. The molecule has 368 valence electrons. The number of anilines is 3. The highest BCUT2D eigenvalue weighted by Gasteiger charge is 2.46. The SMILES string of the molecule is CC(C)(C)c1ccc(N2c3cc(-n4c5ccc6ccccc6c5c5ccc6ccccc6c54)cc4c3B(c3oc5ccc(C(C)(C)C)cc5c32)c2cccc3c5cc6c(cc5n-4c23)c2cccc3c4ccccc4n6c32)cc1. The topological polar surface area (TPSA) is 30.7 Å². The van der Waals surface area contributed by atoms with Gasteiger partial charge in [0.05, 0.1) is 50.1 Å². The van der Waals surface area contributed by atoms with Crippen LogP contribution in [0.1, 0.15) is 52.7 Å². The van der Waals surface area contributed by atoms with Gasteiger partial charge in [-0.1, -0.05) is 181 Å². The summed E-state index contributed by atoms with van der Waals surface area (Å²) in [5, 5.41) is 16.2. The molecule has 0 saturated heterocycles. The van der Waals surface area contributed by atoms with Crippen molar-refractivity contribution in [2.24, 2.45) is 0 Å². The van der Waals surface area contributed by atoms with Crippen LogP contribution in [0.3, 0.4) is 0 Å². The molecule has 0 N–H and O–H groups in total. The van der Waals surface area contributed by atoms with Crippen molar-refractivity contribution in [3.05, 3.63) is 211 Å². The van der Waals surface area contributed by atoms with E-state index >= 15 is 0 Å². The van der Waals surface area contributed by atoms with E-state index in [1.54, 1.807) is 0 Å². The molecule has 6 heteroatoms. The highest BCUT2D eigenvalue weighted by atomic mass is 16.3. The molecule has 0 spiro atoms. The number of rotatable bonds is 2. The summed E-state index contributed by atoms with van der Waals surface area (Å²) in [5.74, 6) is 0. The zero-order valence-corrected chi connectivity index (χ0v) is 44.3. The predicted molar refractivity (Wildman–Crippen MR) is 331 cm³/mol. The normalized spacial score (nSPS) is 13.7. The van der Waals surface area contributed by atoms with E-state index in [0.717, 1.165) is 39.4 Å². The smallest absolute Gasteiger partial charge is 0.297 e. The fourth-order valence-corrected chi connectivity index (χ4v) is 14.6. The molecule has 11 aromatic carbocycles. The molecule has 0 saturated carbocycles. The lowest BCUT2D eigenvalue weighted by Gasteiger charge is -2.38. The number of para-hydroxylation sites is 3. The molecule has 0 fully saturated rings. The summed E-state index contributed by atoms with van der Waals surface area (Å²) < 4.78 is 15.2. The van der Waals surface area contributed by atoms with Crippen molar-refractivity contribution in [2.75, 3.05) is 4.90 Å². The Morgan fingerprint density at radius 1 is 0.385 bits per heavy atom. The van der Waals surface area contributed by atoms with Crippen LogP contribution < -0.4 is 21.5 Å². The van der Waals surface area contributed by atoms with Gasteiger partial charge in [0.1, 0.15) is 5.58 Å². The van der Waals surface area contributed by atoms with E-state index in [9.17, 15) is 0 Å². The number of benzene rings is 11. The van der Waals surface area contributed by atoms with Crippen molar-refractivity contribution < 1.29 is 4.42 Å². The molecule has 16 aromatic rings. The van der Waals surface area contributed by atoms with Crippen molar-refractivity contribution in [1.29, 1.82) is 0 Å². The summed E-state index contributed by atoms with van der Waals surface area (Å²) in [6, 6.07) is 76.3. The fraction of sp³-hybridized carbons (Fsp3) is 0.111. The molecule has 2 aliphatic heterocycles. The summed E-state index contributed by atoms with van der Waals surface area (Å²) in [4.78, 5) is 2.56. The molecule has 0 atom stereocenters. The Kier molecular flexibility index (Phi) is 7.92. The first-order valence-electron chi connectivity index (χ1n) is 27.6. The average molecular weight is 999 g/mol. The van der Waals surface area contributed by atoms with Gasteiger partial charge in [-0.25, -0.2) is 0 Å². The molecule has 0 radical (unpaired) electrons. The molecule has 2 aliphatic rings. The van der Waals surface area contributed by atoms with Crippen molar-refractivity contribution in [3.63, 3.8) is 0 Å². The van der Waals surface area contributed by atoms with E-state index in [1.807, 2.05) is 0 Å². The molecule has 18 rings (SSSR count). The summed E-state index contributed by atoms with van der Waals surface area (Å²) in [6.45, 7) is 13.6. The van der Waals surface area contributed by atoms with Crippen LogP contribution in [0.15, 0.2) is 205 Å². The number of aromatic nitrogens is 3. The number of fused-ring (bicyclic) bond motifs is 22. The van der Waals surface area contributed by atoms with Crippen molar-refractivity contribution in [3.8, 4) is 11.4 Å². The zero-order valence-electron chi connectivity index (χ0n) is 44.3. The van der Waals surface area contributed by atoms with Gasteiger partial charge in [-0.3, -0.25) is 0 Å². The lowest BCUT2D eigenvalue weighted by molar-refractivity contribution is 0.590. The largest absolute Gasteiger partial charge is 0.468 e. The van der Waals surface area contributed by atoms with Crippen LogP contribution in [0.2, 0.25) is 0 Å². The highest BCUT2D eigenvalue weighted by Crippen LogP contribution is 2.50. The third-order valence-electron chi connectivity index (χ3n) is 18.2. The van der Waals surface area contributed by atoms with Crippen LogP contribution in [0, 0.1) is 0 Å². The number of hydrogen-bond acceptors (Lipinski definition) is 2. The van der Waals surface area contributed by atoms with Gasteiger partial charge in [0.25, 0.3) is 6.71 Å². The van der Waals surface area contributed by atoms with Crippen LogP contribution in [0.25, 0.3) is 126 Å². The third-order valence-corrected chi connectivity index (χ3v) is 18.2. The number of nitrogens with zero attached hydrogens (tertiary/aromatic N) is 4. The molecular formula is C72H51BN4O. The molecule has 0 amide bonds. The van der Waals surface area contributed by atoms with Crippen molar-refractivity contribution in [2.45, 2.75) is 52.4 Å². The fourth-order valence-electron chi connectivity index (χ4n) is 14.6. The van der Waals surface area contributed by atoms with E-state index in [0.29, 0.717) is 0 Å². The second kappa shape index (κ2) is 14.4. The Balaban J connectivity index is 1.04. The third kappa shape index (κ3) is 5.33. The first kappa shape index (κ1) is 42.9. The standard InChI is InChI=1S/C72H51BN4O/c1-71(2,3)42-27-30-44(31-28-42)74-61-36-45(75-58-33-26-40-15-7-9-17-46(40)64(58)52-32-25-41-16-8-10-18-47(41)66(52)75)37-62-65(61)73(70-69(74)55-35-43(72(4,5)6)29-34-63(55)78-70)56-23-14-22-51-54-39-59-53(38-60(54)77(62)68(51)56)50-21-13-20-49-48-19-11-12-24-57(48)76(59)67(49)50/h7-39H,1-6H3. The van der Waals surface area contributed by atoms with Gasteiger partial charge in [-0.2, -0.15) is 0 Å². The highest BCUT2D eigenvalue weighted by molar-refractivity contribution is 7.00. The maximum absolute atomic E-state index is 7.47. The summed E-state index contributed by atoms with van der Waals surface area (Å²) in [7, 11) is 0. The molecule has 78 heavy (non-hydrogen) atoms. The Morgan fingerprint density at radius 3 is 1.81 bits per heavy atom. The number of furan rings is 1. The van der Waals surface area contributed by atoms with E-state index in [-0.39, 0.29) is 17.5 Å². The van der Waals surface area contributed by atoms with Gasteiger partial charge in [0.15, 0.2) is 0 Å². The van der Waals surface area contributed by atoms with Gasteiger partial charge in [0.2, 0.25) is 0 Å². The van der Waals surface area contributed by atoms with Crippen LogP contribution in [-0.2, 0) is 10.8 Å². The Morgan fingerprint density at radius 2 is 1.01 bits per heavy atom. The van der Waals surface area contributed by atoms with Gasteiger partial charge in [-0.05, 0) is 110 Å². The lowest BCUT2D eigenvalue weighted by Crippen LogP contribution is -2.60. The van der Waals surface area contributed by atoms with E-state index < -0.39 is 0 Å². The van der Waals surface area contributed by atoms with E-state index in [2.05, 4.69) is 260 Å². The van der Waals surface area contributed by atoms with Crippen LogP contribution in [-0.4, -0.2) is 20.2 Å². The second-order valence-corrected chi connectivity index (χ2v) is 24.5. The summed E-state index contributed by atoms with van der Waals surface area (Å²) in [5.41, 5.74) is 21.1. The minimum Gasteiger partial charge on any atom is -0.468 e. The quantitative estimate of drug-likeness (QED) is 0.162. The van der Waals surface area contributed by atoms with Gasteiger partial charge >= 0.3 is 0 Å². The molecule has 0 aliphatic carbocycles. The second-order valence-electron chi connectivity index (χ2n) is 24.5. The summed E-state index contributed by atoms with van der Waals surface area (Å²) in [6.07, 6.45) is 0. The average Bonchev–Trinajstić information content (AvgIpc) is 3.27. The molecule has 5 nitrogen and oxygen atoms in total. The van der Waals surface area contributed by atoms with Gasteiger partial charge < -0.3 is 22.9 Å². The van der Waals surface area contributed by atoms with Gasteiger partial charge in [0, 0.05) is 76.4 Å². The maximum atomic E-state index is 7.47. The van der Waals surface area contributed by atoms with Crippen LogP contribution in [0.5, 0.6) is 0 Å². The lowest BCUT2D eigenvalue weighted by atomic mass is 9.36. The minimum atomic E-state index is -0.196. The van der Waals surface area contributed by atoms with E-state index in [1.165, 1.54) is 131 Å². The number of hydrogen-bond donors (Lipinski definition) is 0. The van der Waals surface area contributed by atoms with Crippen molar-refractivity contribution in [1.82, 2.24) is 13.5 Å². The monoisotopic (exact) mass is 998 g/mol. The zero-order chi connectivity index (χ0) is 51.8. The Bertz CT molecular complexity index is 5360. The summed E-state index contributed by atoms with van der Waals surface area (Å²) >= 11 is 0. The van der Waals surface area contributed by atoms with Crippen molar-refractivity contribution >= 4 is 155 Å². The molecule has 5 aromatic heterocycles. The van der Waals surface area contributed by atoms with Crippen LogP contribution in [0.4, 0.5) is 17.1 Å². The van der Waals surface area contributed by atoms with Crippen LogP contribution >= 0.6 is 0 Å². The minimum absolute atomic E-state index is 0.0188. The Hall–Kier alpha value is -9.26. The van der Waals surface area contributed by atoms with Gasteiger partial charge in [-0.15, -0.1) is 0 Å². The van der Waals surface area contributed by atoms with E-state index in [4.69, 9.17) is 4.42 Å². The predicted octanol–water partition coefficient (Wildman–Crippen LogP) is 17.3. The maximum Gasteiger partial charge on any atom is 0.297 e. The Labute approximate surface area is 450 Å².